The van der Waals surface area contributed by atoms with Gasteiger partial charge < -0.3 is 10.3 Å². The second-order valence-corrected chi connectivity index (χ2v) is 4.31. The van der Waals surface area contributed by atoms with E-state index in [1.165, 1.54) is 0 Å². The van der Waals surface area contributed by atoms with E-state index in [-0.39, 0.29) is 11.4 Å². The number of rotatable bonds is 1. The summed E-state index contributed by atoms with van der Waals surface area (Å²) in [5.74, 6) is -3.66. The van der Waals surface area contributed by atoms with Crippen molar-refractivity contribution in [2.24, 2.45) is 0 Å². The van der Waals surface area contributed by atoms with Crippen molar-refractivity contribution in [2.45, 2.75) is 18.9 Å². The van der Waals surface area contributed by atoms with Gasteiger partial charge in [0.25, 0.3) is 0 Å². The Morgan fingerprint density at radius 1 is 1.29 bits per heavy atom. The Hall–Kier alpha value is -1.49. The van der Waals surface area contributed by atoms with Gasteiger partial charge in [-0.1, -0.05) is 0 Å². The van der Waals surface area contributed by atoms with E-state index in [0.717, 1.165) is 30.2 Å². The van der Waals surface area contributed by atoms with E-state index >= 15 is 0 Å². The number of hydrogen-bond donors (Lipinski definition) is 2. The maximum absolute atomic E-state index is 13.8. The highest BCUT2D eigenvalue weighted by molar-refractivity contribution is 5.86. The molecule has 90 valence electrons. The number of H-pyrrole nitrogens is 1. The number of fused-ring (bicyclic) bond motifs is 3. The molecule has 1 aromatic carbocycles. The van der Waals surface area contributed by atoms with Gasteiger partial charge in [0, 0.05) is 28.8 Å². The Morgan fingerprint density at radius 2 is 2.06 bits per heavy atom. The molecule has 1 aliphatic carbocycles. The molecule has 0 radical (unpaired) electrons. The number of aromatic nitrogens is 1. The summed E-state index contributed by atoms with van der Waals surface area (Å²) in [5, 5.41) is 3.23. The van der Waals surface area contributed by atoms with Crippen LogP contribution in [0.5, 0.6) is 0 Å². The Balaban J connectivity index is 2.38. The molecule has 1 aromatic heterocycles. The molecule has 1 heterocycles. The van der Waals surface area contributed by atoms with Crippen LogP contribution in [0, 0.1) is 17.5 Å². The second kappa shape index (κ2) is 3.50. The number of halogens is 3. The normalized spacial score (nSPS) is 18.9. The van der Waals surface area contributed by atoms with Crippen molar-refractivity contribution >= 4 is 10.9 Å². The zero-order valence-corrected chi connectivity index (χ0v) is 9.20. The molecule has 17 heavy (non-hydrogen) atoms. The van der Waals surface area contributed by atoms with E-state index in [9.17, 15) is 13.2 Å². The maximum Gasteiger partial charge on any atom is 0.195 e. The first-order chi connectivity index (χ1) is 8.13. The van der Waals surface area contributed by atoms with Crippen LogP contribution in [0.2, 0.25) is 0 Å². The van der Waals surface area contributed by atoms with Crippen molar-refractivity contribution in [2.75, 3.05) is 7.05 Å². The smallest absolute Gasteiger partial charge is 0.195 e. The molecule has 5 heteroatoms. The molecule has 0 saturated heterocycles. The third-order valence-corrected chi connectivity index (χ3v) is 3.42. The van der Waals surface area contributed by atoms with E-state index < -0.39 is 17.5 Å². The van der Waals surface area contributed by atoms with Crippen LogP contribution in [0.25, 0.3) is 10.9 Å². The maximum atomic E-state index is 13.8. The fourth-order valence-electron chi connectivity index (χ4n) is 2.64. The van der Waals surface area contributed by atoms with Gasteiger partial charge in [-0.15, -0.1) is 0 Å². The van der Waals surface area contributed by atoms with Crippen LogP contribution in [-0.4, -0.2) is 12.0 Å². The summed E-state index contributed by atoms with van der Waals surface area (Å²) in [6, 6.07) is 1.01. The summed E-state index contributed by atoms with van der Waals surface area (Å²) in [6.45, 7) is 0. The molecule has 1 aliphatic rings. The van der Waals surface area contributed by atoms with Crippen LogP contribution < -0.4 is 5.32 Å². The van der Waals surface area contributed by atoms with E-state index in [4.69, 9.17) is 0 Å². The highest BCUT2D eigenvalue weighted by atomic mass is 19.2. The first-order valence-corrected chi connectivity index (χ1v) is 5.48. The number of nitrogens with one attached hydrogen (secondary N) is 2. The van der Waals surface area contributed by atoms with Gasteiger partial charge >= 0.3 is 0 Å². The lowest BCUT2D eigenvalue weighted by Crippen LogP contribution is -2.13. The zero-order valence-electron chi connectivity index (χ0n) is 9.20. The van der Waals surface area contributed by atoms with Gasteiger partial charge in [-0.25, -0.2) is 13.2 Å². The molecule has 2 nitrogen and oxygen atoms in total. The van der Waals surface area contributed by atoms with Gasteiger partial charge in [-0.05, 0) is 19.9 Å². The molecule has 1 unspecified atom stereocenters. The summed E-state index contributed by atoms with van der Waals surface area (Å²) < 4.78 is 40.1. The lowest BCUT2D eigenvalue weighted by atomic mass is 10.1. The van der Waals surface area contributed by atoms with Gasteiger partial charge in [0.2, 0.25) is 0 Å². The predicted molar refractivity (Wildman–Crippen MR) is 58.3 cm³/mol. The fourth-order valence-corrected chi connectivity index (χ4v) is 2.64. The van der Waals surface area contributed by atoms with Crippen LogP contribution in [0.3, 0.4) is 0 Å². The Kier molecular flexibility index (Phi) is 2.19. The average Bonchev–Trinajstić information content (AvgIpc) is 2.83. The van der Waals surface area contributed by atoms with Crippen molar-refractivity contribution < 1.29 is 13.2 Å². The highest BCUT2D eigenvalue weighted by Gasteiger charge is 2.29. The summed E-state index contributed by atoms with van der Waals surface area (Å²) in [7, 11) is 1.77. The molecule has 0 saturated carbocycles. The minimum absolute atomic E-state index is 0.00175. The molecule has 0 amide bonds. The first kappa shape index (κ1) is 10.7. The van der Waals surface area contributed by atoms with E-state index in [1.54, 1.807) is 7.05 Å². The molecule has 1 atom stereocenters. The van der Waals surface area contributed by atoms with E-state index in [1.807, 2.05) is 0 Å². The molecular weight excluding hydrogens is 229 g/mol. The minimum Gasteiger partial charge on any atom is -0.358 e. The topological polar surface area (TPSA) is 27.8 Å². The quantitative estimate of drug-likeness (QED) is 0.737. The van der Waals surface area contributed by atoms with Gasteiger partial charge in [0.1, 0.15) is 0 Å². The lowest BCUT2D eigenvalue weighted by Gasteiger charge is -2.09. The van der Waals surface area contributed by atoms with Gasteiger partial charge in [0.15, 0.2) is 17.5 Å². The SMILES string of the molecule is CNC1CCc2[nH]c3cc(F)c(F)c(F)c3c21. The van der Waals surface area contributed by atoms with Gasteiger partial charge in [0.05, 0.1) is 5.52 Å². The predicted octanol–water partition coefficient (Wildman–Crippen LogP) is 2.79. The van der Waals surface area contributed by atoms with Gasteiger partial charge in [-0.3, -0.25) is 0 Å². The van der Waals surface area contributed by atoms with Crippen LogP contribution in [0.1, 0.15) is 23.7 Å². The number of benzene rings is 1. The molecule has 0 aliphatic heterocycles. The number of hydrogen-bond acceptors (Lipinski definition) is 1. The number of aromatic amines is 1. The third-order valence-electron chi connectivity index (χ3n) is 3.42. The average molecular weight is 240 g/mol. The van der Waals surface area contributed by atoms with Crippen molar-refractivity contribution in [3.63, 3.8) is 0 Å². The van der Waals surface area contributed by atoms with Crippen molar-refractivity contribution in [3.8, 4) is 0 Å². The van der Waals surface area contributed by atoms with Crippen LogP contribution in [0.15, 0.2) is 6.07 Å². The van der Waals surface area contributed by atoms with E-state index in [2.05, 4.69) is 10.3 Å². The highest BCUT2D eigenvalue weighted by Crippen LogP contribution is 2.38. The summed E-state index contributed by atoms with van der Waals surface area (Å²) in [5.41, 5.74) is 1.92. The first-order valence-electron chi connectivity index (χ1n) is 5.48. The Morgan fingerprint density at radius 3 is 2.76 bits per heavy atom. The second-order valence-electron chi connectivity index (χ2n) is 4.31. The summed E-state index contributed by atoms with van der Waals surface area (Å²) in [6.07, 6.45) is 1.60. The molecular formula is C12H11F3N2. The minimum atomic E-state index is -1.40. The van der Waals surface area contributed by atoms with Crippen molar-refractivity contribution in [3.05, 3.63) is 34.8 Å². The Bertz CT molecular complexity index is 604. The third kappa shape index (κ3) is 1.32. The molecule has 0 spiro atoms. The zero-order chi connectivity index (χ0) is 12.2. The van der Waals surface area contributed by atoms with Crippen LogP contribution >= 0.6 is 0 Å². The van der Waals surface area contributed by atoms with Crippen LogP contribution in [-0.2, 0) is 6.42 Å². The standard InChI is InChI=1S/C12H11F3N2/c1-16-6-2-3-7-9(6)10-8(17-7)4-5(13)11(14)12(10)15/h4,6,16-17H,2-3H2,1H3. The molecule has 2 aromatic rings. The lowest BCUT2D eigenvalue weighted by molar-refractivity contribution is 0.452. The fraction of sp³-hybridized carbons (Fsp3) is 0.333. The largest absolute Gasteiger partial charge is 0.358 e. The molecule has 0 bridgehead atoms. The van der Waals surface area contributed by atoms with Gasteiger partial charge in [-0.2, -0.15) is 0 Å². The van der Waals surface area contributed by atoms with Crippen molar-refractivity contribution in [1.82, 2.24) is 10.3 Å². The summed E-state index contributed by atoms with van der Waals surface area (Å²) in [4.78, 5) is 2.96. The monoisotopic (exact) mass is 240 g/mol. The summed E-state index contributed by atoms with van der Waals surface area (Å²) >= 11 is 0. The van der Waals surface area contributed by atoms with Crippen LogP contribution in [0.4, 0.5) is 13.2 Å². The Labute approximate surface area is 95.8 Å². The van der Waals surface area contributed by atoms with E-state index in [0.29, 0.717) is 5.52 Å². The number of aryl methyl sites for hydroxylation is 1. The molecule has 3 rings (SSSR count). The molecule has 0 fully saturated rings. The molecule has 2 N–H and O–H groups in total. The van der Waals surface area contributed by atoms with Crippen molar-refractivity contribution in [1.29, 1.82) is 0 Å².